The molecule has 0 spiro atoms. The summed E-state index contributed by atoms with van der Waals surface area (Å²) in [4.78, 5) is 0.700. The molecule has 4 nitrogen and oxygen atoms in total. The highest BCUT2D eigenvalue weighted by Gasteiger charge is 2.13. The van der Waals surface area contributed by atoms with Gasteiger partial charge in [0.1, 0.15) is 4.90 Å². The van der Waals surface area contributed by atoms with Crippen molar-refractivity contribution < 1.29 is 8.42 Å². The van der Waals surface area contributed by atoms with Crippen LogP contribution in [0.4, 0.5) is 5.69 Å². The highest BCUT2D eigenvalue weighted by molar-refractivity contribution is 7.98. The lowest BCUT2D eigenvalue weighted by Crippen LogP contribution is -2.14. The summed E-state index contributed by atoms with van der Waals surface area (Å²) < 4.78 is 22.0. The maximum Gasteiger partial charge on any atom is 0.240 e. The molecule has 0 radical (unpaired) electrons. The maximum absolute atomic E-state index is 11.0. The van der Waals surface area contributed by atoms with Crippen LogP contribution in [0.25, 0.3) is 0 Å². The van der Waals surface area contributed by atoms with Crippen molar-refractivity contribution in [2.75, 3.05) is 12.0 Å². The van der Waals surface area contributed by atoms with Gasteiger partial charge in [0.2, 0.25) is 10.0 Å². The molecule has 0 aliphatic carbocycles. The predicted molar refractivity (Wildman–Crippen MR) is 54.0 cm³/mol. The number of hydrogen-bond acceptors (Lipinski definition) is 4. The van der Waals surface area contributed by atoms with Gasteiger partial charge in [0.05, 0.1) is 5.69 Å². The number of benzene rings is 1. The van der Waals surface area contributed by atoms with Crippen LogP contribution in [0.5, 0.6) is 0 Å². The quantitative estimate of drug-likeness (QED) is 0.563. The molecule has 1 aromatic carbocycles. The standard InChI is InChI=1S/C7H10N2O2S2/c1-12-5-3-2-4-6(7(5)8)13(9,10)11/h2-4H,8H2,1H3,(H2,9,10,11). The molecule has 0 bridgehead atoms. The summed E-state index contributed by atoms with van der Waals surface area (Å²) >= 11 is 1.38. The van der Waals surface area contributed by atoms with Gasteiger partial charge < -0.3 is 5.73 Å². The third-order valence-electron chi connectivity index (χ3n) is 1.55. The van der Waals surface area contributed by atoms with Crippen molar-refractivity contribution in [3.05, 3.63) is 18.2 Å². The van der Waals surface area contributed by atoms with Gasteiger partial charge in [-0.25, -0.2) is 13.6 Å². The fraction of sp³-hybridized carbons (Fsp3) is 0.143. The minimum absolute atomic E-state index is 0.0145. The number of para-hydroxylation sites is 1. The third-order valence-corrected chi connectivity index (χ3v) is 3.32. The van der Waals surface area contributed by atoms with Crippen molar-refractivity contribution in [2.24, 2.45) is 5.14 Å². The Morgan fingerprint density at radius 2 is 2.00 bits per heavy atom. The maximum atomic E-state index is 11.0. The van der Waals surface area contributed by atoms with Gasteiger partial charge in [-0.2, -0.15) is 0 Å². The summed E-state index contributed by atoms with van der Waals surface area (Å²) in [6.07, 6.45) is 1.82. The molecule has 0 fully saturated rings. The van der Waals surface area contributed by atoms with Crippen molar-refractivity contribution in [1.29, 1.82) is 0 Å². The average Bonchev–Trinajstić information content (AvgIpc) is 2.02. The number of rotatable bonds is 2. The van der Waals surface area contributed by atoms with Crippen LogP contribution in [0.3, 0.4) is 0 Å². The first-order chi connectivity index (χ1) is 5.96. The van der Waals surface area contributed by atoms with E-state index in [9.17, 15) is 8.42 Å². The first-order valence-corrected chi connectivity index (χ1v) is 6.19. The number of thioether (sulfide) groups is 1. The van der Waals surface area contributed by atoms with E-state index in [1.807, 2.05) is 6.26 Å². The van der Waals surface area contributed by atoms with E-state index in [1.54, 1.807) is 12.1 Å². The van der Waals surface area contributed by atoms with Crippen LogP contribution in [0.1, 0.15) is 0 Å². The summed E-state index contributed by atoms with van der Waals surface area (Å²) in [7, 11) is -3.70. The van der Waals surface area contributed by atoms with Crippen LogP contribution in [-0.4, -0.2) is 14.7 Å². The fourth-order valence-electron chi connectivity index (χ4n) is 0.950. The molecule has 0 aromatic heterocycles. The molecule has 0 aliphatic rings. The van der Waals surface area contributed by atoms with Crippen molar-refractivity contribution in [3.63, 3.8) is 0 Å². The van der Waals surface area contributed by atoms with Crippen molar-refractivity contribution in [1.82, 2.24) is 0 Å². The summed E-state index contributed by atoms with van der Waals surface area (Å²) in [5.74, 6) is 0. The summed E-state index contributed by atoms with van der Waals surface area (Å²) in [5, 5.41) is 4.96. The Labute approximate surface area is 81.4 Å². The Bertz CT molecular complexity index is 415. The Hall–Kier alpha value is -0.720. The second-order valence-corrected chi connectivity index (χ2v) is 4.80. The van der Waals surface area contributed by atoms with Crippen LogP contribution in [0, 0.1) is 0 Å². The van der Waals surface area contributed by atoms with Crippen LogP contribution >= 0.6 is 11.8 Å². The Morgan fingerprint density at radius 1 is 1.38 bits per heavy atom. The zero-order chi connectivity index (χ0) is 10.1. The average molecular weight is 218 g/mol. The molecule has 1 aromatic rings. The second-order valence-electron chi connectivity index (χ2n) is 2.42. The lowest BCUT2D eigenvalue weighted by Gasteiger charge is -2.06. The normalized spacial score (nSPS) is 11.5. The molecular weight excluding hydrogens is 208 g/mol. The topological polar surface area (TPSA) is 86.2 Å². The van der Waals surface area contributed by atoms with E-state index in [2.05, 4.69) is 0 Å². The molecule has 0 atom stereocenters. The van der Waals surface area contributed by atoms with Crippen LogP contribution in [-0.2, 0) is 10.0 Å². The zero-order valence-corrected chi connectivity index (χ0v) is 8.65. The Morgan fingerprint density at radius 3 is 2.46 bits per heavy atom. The second kappa shape index (κ2) is 3.57. The summed E-state index contributed by atoms with van der Waals surface area (Å²) in [5.41, 5.74) is 5.82. The van der Waals surface area contributed by atoms with E-state index < -0.39 is 10.0 Å². The van der Waals surface area contributed by atoms with E-state index in [-0.39, 0.29) is 10.6 Å². The minimum atomic E-state index is -3.70. The molecule has 0 aliphatic heterocycles. The van der Waals surface area contributed by atoms with Gasteiger partial charge in [-0.15, -0.1) is 11.8 Å². The fourth-order valence-corrected chi connectivity index (χ4v) is 2.24. The van der Waals surface area contributed by atoms with E-state index in [1.165, 1.54) is 17.8 Å². The number of nitrogen functional groups attached to an aromatic ring is 1. The van der Waals surface area contributed by atoms with Gasteiger partial charge in [0, 0.05) is 4.90 Å². The van der Waals surface area contributed by atoms with Gasteiger partial charge in [0.25, 0.3) is 0 Å². The van der Waals surface area contributed by atoms with E-state index in [4.69, 9.17) is 10.9 Å². The number of sulfonamides is 1. The number of nitrogens with two attached hydrogens (primary N) is 2. The van der Waals surface area contributed by atoms with E-state index >= 15 is 0 Å². The Kier molecular flexibility index (Phi) is 2.84. The van der Waals surface area contributed by atoms with E-state index in [0.717, 1.165) is 0 Å². The largest absolute Gasteiger partial charge is 0.397 e. The lowest BCUT2D eigenvalue weighted by atomic mass is 10.3. The predicted octanol–water partition coefficient (Wildman–Crippen LogP) is 0.638. The molecule has 0 saturated carbocycles. The van der Waals surface area contributed by atoms with Crippen LogP contribution < -0.4 is 10.9 Å². The van der Waals surface area contributed by atoms with Crippen molar-refractivity contribution in [3.8, 4) is 0 Å². The molecule has 4 N–H and O–H groups in total. The first-order valence-electron chi connectivity index (χ1n) is 3.42. The van der Waals surface area contributed by atoms with Gasteiger partial charge >= 0.3 is 0 Å². The molecule has 1 rings (SSSR count). The molecule has 13 heavy (non-hydrogen) atoms. The lowest BCUT2D eigenvalue weighted by molar-refractivity contribution is 0.598. The van der Waals surface area contributed by atoms with Crippen LogP contribution in [0.2, 0.25) is 0 Å². The minimum Gasteiger partial charge on any atom is -0.397 e. The summed E-state index contributed by atoms with van der Waals surface area (Å²) in [6, 6.07) is 4.75. The molecule has 0 amide bonds. The smallest absolute Gasteiger partial charge is 0.240 e. The SMILES string of the molecule is CSc1cccc(S(N)(=O)=O)c1N. The summed E-state index contributed by atoms with van der Waals surface area (Å²) in [6.45, 7) is 0. The molecular formula is C7H10N2O2S2. The van der Waals surface area contributed by atoms with Gasteiger partial charge in [-0.1, -0.05) is 6.07 Å². The van der Waals surface area contributed by atoms with Gasteiger partial charge in [0.15, 0.2) is 0 Å². The number of primary sulfonamides is 1. The highest BCUT2D eigenvalue weighted by Crippen LogP contribution is 2.27. The highest BCUT2D eigenvalue weighted by atomic mass is 32.2. The molecule has 0 unspecified atom stereocenters. The van der Waals surface area contributed by atoms with Crippen LogP contribution in [0.15, 0.2) is 28.0 Å². The molecule has 0 heterocycles. The Balaban J connectivity index is 3.41. The monoisotopic (exact) mass is 218 g/mol. The van der Waals surface area contributed by atoms with Crippen molar-refractivity contribution in [2.45, 2.75) is 9.79 Å². The third kappa shape index (κ3) is 2.15. The zero-order valence-electron chi connectivity index (χ0n) is 7.02. The van der Waals surface area contributed by atoms with Crippen molar-refractivity contribution >= 4 is 27.5 Å². The first kappa shape index (κ1) is 10.4. The molecule has 6 heteroatoms. The van der Waals surface area contributed by atoms with Gasteiger partial charge in [-0.3, -0.25) is 0 Å². The number of anilines is 1. The molecule has 0 saturated heterocycles. The molecule has 72 valence electrons. The van der Waals surface area contributed by atoms with E-state index in [0.29, 0.717) is 4.90 Å². The number of hydrogen-bond donors (Lipinski definition) is 2. The van der Waals surface area contributed by atoms with Gasteiger partial charge in [-0.05, 0) is 18.4 Å².